The maximum absolute atomic E-state index is 12.2. The Bertz CT molecular complexity index is 945. The van der Waals surface area contributed by atoms with Gasteiger partial charge in [0.1, 0.15) is 5.75 Å². The van der Waals surface area contributed by atoms with Gasteiger partial charge in [0.05, 0.1) is 36.2 Å². The standard InChI is InChI=1S/C19H19N3O3/c1-24-11-15-18(12-6-8-13(25-2)9-7-12)19-20-10-14-16(22(19)21-15)4-3-5-17(14)23/h6-10H,3-5,11H2,1-2H3. The van der Waals surface area contributed by atoms with Crippen molar-refractivity contribution >= 4 is 11.4 Å². The zero-order chi connectivity index (χ0) is 17.4. The largest absolute Gasteiger partial charge is 0.497 e. The predicted octanol–water partition coefficient (Wildman–Crippen LogP) is 3.07. The van der Waals surface area contributed by atoms with Crippen LogP contribution in [-0.2, 0) is 17.8 Å². The quantitative estimate of drug-likeness (QED) is 0.732. The Morgan fingerprint density at radius 3 is 2.68 bits per heavy atom. The highest BCUT2D eigenvalue weighted by Gasteiger charge is 2.24. The van der Waals surface area contributed by atoms with Crippen LogP contribution in [0, 0.1) is 0 Å². The van der Waals surface area contributed by atoms with E-state index in [1.54, 1.807) is 20.4 Å². The fraction of sp³-hybridized carbons (Fsp3) is 0.316. The van der Waals surface area contributed by atoms with Gasteiger partial charge in [-0.25, -0.2) is 9.50 Å². The third-order valence-corrected chi connectivity index (χ3v) is 4.59. The smallest absolute Gasteiger partial charge is 0.166 e. The molecule has 0 aliphatic heterocycles. The average molecular weight is 337 g/mol. The molecule has 6 heteroatoms. The van der Waals surface area contributed by atoms with Crippen LogP contribution >= 0.6 is 0 Å². The van der Waals surface area contributed by atoms with Gasteiger partial charge in [0.2, 0.25) is 0 Å². The number of aromatic nitrogens is 3. The van der Waals surface area contributed by atoms with Gasteiger partial charge in [-0.15, -0.1) is 0 Å². The molecule has 0 atom stereocenters. The van der Waals surface area contributed by atoms with Crippen molar-refractivity contribution < 1.29 is 14.3 Å². The van der Waals surface area contributed by atoms with Gasteiger partial charge < -0.3 is 9.47 Å². The highest BCUT2D eigenvalue weighted by molar-refractivity contribution is 5.98. The van der Waals surface area contributed by atoms with Crippen LogP contribution in [0.25, 0.3) is 16.8 Å². The number of fused-ring (bicyclic) bond motifs is 3. The Kier molecular flexibility index (Phi) is 3.97. The van der Waals surface area contributed by atoms with Crippen LogP contribution in [0.2, 0.25) is 0 Å². The molecule has 6 nitrogen and oxygen atoms in total. The molecule has 2 heterocycles. The van der Waals surface area contributed by atoms with E-state index in [0.717, 1.165) is 46.8 Å². The lowest BCUT2D eigenvalue weighted by Crippen LogP contribution is -2.16. The Hall–Kier alpha value is -2.73. The Balaban J connectivity index is 1.95. The van der Waals surface area contributed by atoms with Gasteiger partial charge in [-0.2, -0.15) is 5.10 Å². The van der Waals surface area contributed by atoms with Gasteiger partial charge in [-0.1, -0.05) is 12.1 Å². The summed E-state index contributed by atoms with van der Waals surface area (Å²) in [4.78, 5) is 16.7. The van der Waals surface area contributed by atoms with E-state index < -0.39 is 0 Å². The summed E-state index contributed by atoms with van der Waals surface area (Å²) in [6.07, 6.45) is 3.95. The van der Waals surface area contributed by atoms with Crippen LogP contribution < -0.4 is 4.74 Å². The number of hydrogen-bond donors (Lipinski definition) is 0. The molecule has 1 aliphatic rings. The van der Waals surface area contributed by atoms with Gasteiger partial charge in [-0.3, -0.25) is 4.79 Å². The molecule has 128 valence electrons. The van der Waals surface area contributed by atoms with Gasteiger partial charge in [0.25, 0.3) is 0 Å². The summed E-state index contributed by atoms with van der Waals surface area (Å²) >= 11 is 0. The van der Waals surface area contributed by atoms with Crippen molar-refractivity contribution in [1.82, 2.24) is 14.6 Å². The maximum atomic E-state index is 12.2. The third kappa shape index (κ3) is 2.59. The van der Waals surface area contributed by atoms with Crippen molar-refractivity contribution in [2.24, 2.45) is 0 Å². The molecule has 1 aromatic carbocycles. The number of benzene rings is 1. The minimum Gasteiger partial charge on any atom is -0.497 e. The molecular weight excluding hydrogens is 318 g/mol. The first-order chi connectivity index (χ1) is 12.2. The topological polar surface area (TPSA) is 65.7 Å². The molecule has 1 aliphatic carbocycles. The van der Waals surface area contributed by atoms with Crippen LogP contribution in [0.15, 0.2) is 30.5 Å². The van der Waals surface area contributed by atoms with Crippen LogP contribution in [0.4, 0.5) is 0 Å². The summed E-state index contributed by atoms with van der Waals surface area (Å²) in [6.45, 7) is 0.382. The molecule has 0 saturated heterocycles. The molecule has 0 unspecified atom stereocenters. The van der Waals surface area contributed by atoms with Crippen molar-refractivity contribution in [1.29, 1.82) is 0 Å². The van der Waals surface area contributed by atoms with Crippen LogP contribution in [0.1, 0.15) is 34.6 Å². The molecular formula is C19H19N3O3. The van der Waals surface area contributed by atoms with Crippen LogP contribution in [-0.4, -0.2) is 34.6 Å². The first-order valence-electron chi connectivity index (χ1n) is 8.29. The van der Waals surface area contributed by atoms with Crippen LogP contribution in [0.5, 0.6) is 5.75 Å². The molecule has 25 heavy (non-hydrogen) atoms. The normalized spacial score (nSPS) is 13.9. The first-order valence-corrected chi connectivity index (χ1v) is 8.29. The van der Waals surface area contributed by atoms with Gasteiger partial charge in [0, 0.05) is 19.7 Å². The number of methoxy groups -OCH3 is 2. The number of nitrogens with zero attached hydrogens (tertiary/aromatic N) is 3. The first kappa shape index (κ1) is 15.8. The summed E-state index contributed by atoms with van der Waals surface area (Å²) in [5.41, 5.74) is 5.13. The van der Waals surface area contributed by atoms with Gasteiger partial charge in [0.15, 0.2) is 11.4 Å². The predicted molar refractivity (Wildman–Crippen MR) is 93.0 cm³/mol. The number of carbonyl (C=O) groups excluding carboxylic acids is 1. The second-order valence-corrected chi connectivity index (χ2v) is 6.11. The molecule has 0 spiro atoms. The minimum absolute atomic E-state index is 0.144. The lowest BCUT2D eigenvalue weighted by Gasteiger charge is -2.15. The van der Waals surface area contributed by atoms with Crippen molar-refractivity contribution in [2.45, 2.75) is 25.9 Å². The molecule has 4 rings (SSSR count). The molecule has 0 N–H and O–H groups in total. The zero-order valence-electron chi connectivity index (χ0n) is 14.3. The molecule has 0 radical (unpaired) electrons. The number of aryl methyl sites for hydroxylation is 1. The molecule has 0 saturated carbocycles. The summed E-state index contributed by atoms with van der Waals surface area (Å²) in [6, 6.07) is 7.80. The number of ketones is 1. The van der Waals surface area contributed by atoms with Crippen molar-refractivity contribution in [3.8, 4) is 16.9 Å². The lowest BCUT2D eigenvalue weighted by atomic mass is 9.96. The second kappa shape index (κ2) is 6.29. The SMILES string of the molecule is COCc1nn2c3c(cnc2c1-c1ccc(OC)cc1)C(=O)CCC3. The highest BCUT2D eigenvalue weighted by atomic mass is 16.5. The summed E-state index contributed by atoms with van der Waals surface area (Å²) in [5.74, 6) is 0.940. The monoisotopic (exact) mass is 337 g/mol. The fourth-order valence-electron chi connectivity index (χ4n) is 3.39. The number of Topliss-reactive ketones (excluding diaryl/α,β-unsaturated/α-hetero) is 1. The van der Waals surface area contributed by atoms with E-state index in [1.807, 2.05) is 28.8 Å². The van der Waals surface area contributed by atoms with E-state index in [2.05, 4.69) is 4.98 Å². The highest BCUT2D eigenvalue weighted by Crippen LogP contribution is 2.32. The number of rotatable bonds is 4. The Morgan fingerprint density at radius 2 is 1.96 bits per heavy atom. The number of carbonyl (C=O) groups is 1. The Labute approximate surface area is 145 Å². The van der Waals surface area contributed by atoms with E-state index in [9.17, 15) is 4.79 Å². The van der Waals surface area contributed by atoms with Crippen LogP contribution in [0.3, 0.4) is 0 Å². The second-order valence-electron chi connectivity index (χ2n) is 6.11. The molecule has 0 fully saturated rings. The molecule has 0 amide bonds. The maximum Gasteiger partial charge on any atom is 0.166 e. The van der Waals surface area contributed by atoms with Crippen molar-refractivity contribution in [3.05, 3.63) is 47.4 Å². The molecule has 0 bridgehead atoms. The minimum atomic E-state index is 0.144. The third-order valence-electron chi connectivity index (χ3n) is 4.59. The molecule has 3 aromatic rings. The lowest BCUT2D eigenvalue weighted by molar-refractivity contribution is 0.0970. The van der Waals surface area contributed by atoms with Crippen molar-refractivity contribution in [3.63, 3.8) is 0 Å². The fourth-order valence-corrected chi connectivity index (χ4v) is 3.39. The number of hydrogen-bond acceptors (Lipinski definition) is 5. The summed E-state index contributed by atoms with van der Waals surface area (Å²) in [7, 11) is 3.29. The summed E-state index contributed by atoms with van der Waals surface area (Å²) < 4.78 is 12.4. The number of ether oxygens (including phenoxy) is 2. The Morgan fingerprint density at radius 1 is 1.16 bits per heavy atom. The molecule has 2 aromatic heterocycles. The van der Waals surface area contributed by atoms with Crippen molar-refractivity contribution in [2.75, 3.05) is 14.2 Å². The summed E-state index contributed by atoms with van der Waals surface area (Å²) in [5, 5.41) is 4.71. The van der Waals surface area contributed by atoms with E-state index in [4.69, 9.17) is 14.6 Å². The van der Waals surface area contributed by atoms with E-state index in [1.165, 1.54) is 0 Å². The van der Waals surface area contributed by atoms with E-state index in [-0.39, 0.29) is 5.78 Å². The van der Waals surface area contributed by atoms with Gasteiger partial charge >= 0.3 is 0 Å². The van der Waals surface area contributed by atoms with E-state index >= 15 is 0 Å². The van der Waals surface area contributed by atoms with E-state index in [0.29, 0.717) is 18.6 Å². The van der Waals surface area contributed by atoms with Gasteiger partial charge in [-0.05, 0) is 30.5 Å². The zero-order valence-corrected chi connectivity index (χ0v) is 14.3. The average Bonchev–Trinajstić information content (AvgIpc) is 3.01.